The first-order chi connectivity index (χ1) is 12.5. The molecule has 1 aromatic heterocycles. The fraction of sp³-hybridized carbons (Fsp3) is 0.500. The molecule has 0 aliphatic carbocycles. The Kier molecular flexibility index (Phi) is 7.81. The zero-order chi connectivity index (χ0) is 18.9. The van der Waals surface area contributed by atoms with Crippen molar-refractivity contribution in [1.29, 1.82) is 0 Å². The number of rotatable bonds is 10. The molecule has 6 nitrogen and oxygen atoms in total. The molecule has 26 heavy (non-hydrogen) atoms. The monoisotopic (exact) mass is 358 g/mol. The van der Waals surface area contributed by atoms with Crippen molar-refractivity contribution in [3.05, 3.63) is 41.6 Å². The Morgan fingerprint density at radius 3 is 2.54 bits per heavy atom. The predicted octanol–water partition coefficient (Wildman–Crippen LogP) is 2.48. The van der Waals surface area contributed by atoms with Crippen molar-refractivity contribution in [1.82, 2.24) is 20.0 Å². The van der Waals surface area contributed by atoms with Gasteiger partial charge in [-0.15, -0.1) is 0 Å². The van der Waals surface area contributed by atoms with Crippen LogP contribution in [0.2, 0.25) is 0 Å². The van der Waals surface area contributed by atoms with E-state index in [2.05, 4.69) is 48.2 Å². The van der Waals surface area contributed by atoms with Crippen LogP contribution in [0, 0.1) is 6.92 Å². The summed E-state index contributed by atoms with van der Waals surface area (Å²) in [6.45, 7) is 11.0. The molecule has 0 aliphatic heterocycles. The van der Waals surface area contributed by atoms with Crippen LogP contribution in [0.5, 0.6) is 0 Å². The van der Waals surface area contributed by atoms with Crippen LogP contribution in [-0.2, 0) is 11.8 Å². The molecule has 0 spiro atoms. The number of aryl methyl sites for hydroxylation is 2. The van der Waals surface area contributed by atoms with E-state index in [4.69, 9.17) is 4.74 Å². The third-order valence-electron chi connectivity index (χ3n) is 4.44. The lowest BCUT2D eigenvalue weighted by Crippen LogP contribution is -2.30. The average molecular weight is 358 g/mol. The molecule has 0 saturated carbocycles. The maximum atomic E-state index is 12.3. The average Bonchev–Trinajstić information content (AvgIpc) is 3.03. The molecule has 0 radical (unpaired) electrons. The number of nitrogens with one attached hydrogen (secondary N) is 1. The highest BCUT2D eigenvalue weighted by Crippen LogP contribution is 2.20. The van der Waals surface area contributed by atoms with Crippen LogP contribution in [0.3, 0.4) is 0 Å². The van der Waals surface area contributed by atoms with Gasteiger partial charge in [-0.3, -0.25) is 9.48 Å². The largest absolute Gasteiger partial charge is 0.378 e. The lowest BCUT2D eigenvalue weighted by atomic mass is 10.1. The van der Waals surface area contributed by atoms with Crippen LogP contribution in [0.15, 0.2) is 30.3 Å². The van der Waals surface area contributed by atoms with Gasteiger partial charge in [0.25, 0.3) is 5.91 Å². The molecule has 2 rings (SSSR count). The first-order valence-electron chi connectivity index (χ1n) is 9.24. The fourth-order valence-corrected chi connectivity index (χ4v) is 2.74. The molecule has 1 amide bonds. The van der Waals surface area contributed by atoms with Gasteiger partial charge in [-0.1, -0.05) is 43.7 Å². The number of nitrogens with zero attached hydrogens (tertiary/aromatic N) is 3. The molecule has 0 atom stereocenters. The van der Waals surface area contributed by atoms with Gasteiger partial charge >= 0.3 is 0 Å². The highest BCUT2D eigenvalue weighted by molar-refractivity contribution is 5.93. The van der Waals surface area contributed by atoms with E-state index in [9.17, 15) is 4.79 Å². The number of hydrogen-bond acceptors (Lipinski definition) is 4. The van der Waals surface area contributed by atoms with E-state index in [-0.39, 0.29) is 5.91 Å². The molecular weight excluding hydrogens is 328 g/mol. The minimum Gasteiger partial charge on any atom is -0.378 e. The summed E-state index contributed by atoms with van der Waals surface area (Å²) >= 11 is 0. The first kappa shape index (κ1) is 20.1. The van der Waals surface area contributed by atoms with E-state index in [1.54, 1.807) is 4.68 Å². The van der Waals surface area contributed by atoms with Crippen LogP contribution >= 0.6 is 0 Å². The maximum absolute atomic E-state index is 12.3. The summed E-state index contributed by atoms with van der Waals surface area (Å²) < 4.78 is 7.32. The molecule has 0 saturated heterocycles. The standard InChI is InChI=1S/C20H30N4O2/c1-5-24(6-2)12-14-26-13-11-21-20(25)18-15-19(23(4)22-18)17-9-7-16(3)8-10-17/h7-10,15H,5-6,11-14H2,1-4H3,(H,21,25). The normalized spacial score (nSPS) is 11.1. The molecule has 142 valence electrons. The molecule has 2 aromatic rings. The fourth-order valence-electron chi connectivity index (χ4n) is 2.74. The van der Waals surface area contributed by atoms with Crippen LogP contribution in [0.1, 0.15) is 29.9 Å². The summed E-state index contributed by atoms with van der Waals surface area (Å²) in [5, 5.41) is 7.19. The molecule has 6 heteroatoms. The van der Waals surface area contributed by atoms with Gasteiger partial charge in [-0.05, 0) is 31.6 Å². The van der Waals surface area contributed by atoms with Crippen LogP contribution < -0.4 is 5.32 Å². The Morgan fingerprint density at radius 1 is 1.19 bits per heavy atom. The predicted molar refractivity (Wildman–Crippen MR) is 104 cm³/mol. The third kappa shape index (κ3) is 5.68. The minimum atomic E-state index is -0.175. The van der Waals surface area contributed by atoms with E-state index in [1.165, 1.54) is 5.56 Å². The number of likely N-dealkylation sites (N-methyl/N-ethyl adjacent to an activating group) is 1. The van der Waals surface area contributed by atoms with Crippen molar-refractivity contribution in [2.75, 3.05) is 39.4 Å². The molecule has 1 N–H and O–H groups in total. The third-order valence-corrected chi connectivity index (χ3v) is 4.44. The second-order valence-electron chi connectivity index (χ2n) is 6.30. The second kappa shape index (κ2) is 10.1. The highest BCUT2D eigenvalue weighted by atomic mass is 16.5. The lowest BCUT2D eigenvalue weighted by Gasteiger charge is -2.17. The quantitative estimate of drug-likeness (QED) is 0.663. The molecular formula is C20H30N4O2. The zero-order valence-corrected chi connectivity index (χ0v) is 16.3. The summed E-state index contributed by atoms with van der Waals surface area (Å²) in [7, 11) is 1.85. The SMILES string of the molecule is CCN(CC)CCOCCNC(=O)c1cc(-c2ccc(C)cc2)n(C)n1. The van der Waals surface area contributed by atoms with Gasteiger partial charge < -0.3 is 15.0 Å². The number of amides is 1. The van der Waals surface area contributed by atoms with E-state index in [1.807, 2.05) is 25.2 Å². The van der Waals surface area contributed by atoms with Crippen LogP contribution in [-0.4, -0.2) is 60.0 Å². The zero-order valence-electron chi connectivity index (χ0n) is 16.3. The highest BCUT2D eigenvalue weighted by Gasteiger charge is 2.13. The Morgan fingerprint density at radius 2 is 1.88 bits per heavy atom. The number of ether oxygens (including phenoxy) is 1. The number of carbonyl (C=O) groups excluding carboxylic acids is 1. The van der Waals surface area contributed by atoms with Gasteiger partial charge in [-0.25, -0.2) is 0 Å². The van der Waals surface area contributed by atoms with Gasteiger partial charge in [0.2, 0.25) is 0 Å². The summed E-state index contributed by atoms with van der Waals surface area (Å²) in [5.74, 6) is -0.175. The molecule has 0 fully saturated rings. The Hall–Kier alpha value is -2.18. The summed E-state index contributed by atoms with van der Waals surface area (Å²) in [6, 6.07) is 10.0. The summed E-state index contributed by atoms with van der Waals surface area (Å²) in [6.07, 6.45) is 0. The van der Waals surface area contributed by atoms with E-state index >= 15 is 0 Å². The molecule has 1 aromatic carbocycles. The minimum absolute atomic E-state index is 0.175. The van der Waals surface area contributed by atoms with Gasteiger partial charge in [0, 0.05) is 20.1 Å². The summed E-state index contributed by atoms with van der Waals surface area (Å²) in [4.78, 5) is 14.6. The Balaban J connectivity index is 1.79. The van der Waals surface area contributed by atoms with Crippen molar-refractivity contribution in [3.8, 4) is 11.3 Å². The van der Waals surface area contributed by atoms with Crippen molar-refractivity contribution in [2.45, 2.75) is 20.8 Å². The van der Waals surface area contributed by atoms with Crippen LogP contribution in [0.4, 0.5) is 0 Å². The van der Waals surface area contributed by atoms with E-state index < -0.39 is 0 Å². The van der Waals surface area contributed by atoms with Gasteiger partial charge in [0.05, 0.1) is 18.9 Å². The molecule has 0 unspecified atom stereocenters. The summed E-state index contributed by atoms with van der Waals surface area (Å²) in [5.41, 5.74) is 3.59. The molecule has 0 bridgehead atoms. The smallest absolute Gasteiger partial charge is 0.271 e. The number of aromatic nitrogens is 2. The van der Waals surface area contributed by atoms with E-state index in [0.29, 0.717) is 25.5 Å². The van der Waals surface area contributed by atoms with Gasteiger partial charge in [0.1, 0.15) is 0 Å². The van der Waals surface area contributed by atoms with Crippen molar-refractivity contribution in [3.63, 3.8) is 0 Å². The number of hydrogen-bond donors (Lipinski definition) is 1. The number of benzene rings is 1. The van der Waals surface area contributed by atoms with Crippen molar-refractivity contribution in [2.24, 2.45) is 7.05 Å². The molecule has 1 heterocycles. The maximum Gasteiger partial charge on any atom is 0.271 e. The molecule has 0 aliphatic rings. The van der Waals surface area contributed by atoms with Crippen molar-refractivity contribution >= 4 is 5.91 Å². The van der Waals surface area contributed by atoms with Crippen LogP contribution in [0.25, 0.3) is 11.3 Å². The van der Waals surface area contributed by atoms with Gasteiger partial charge in [-0.2, -0.15) is 5.10 Å². The topological polar surface area (TPSA) is 59.4 Å². The second-order valence-corrected chi connectivity index (χ2v) is 6.30. The van der Waals surface area contributed by atoms with Gasteiger partial charge in [0.15, 0.2) is 5.69 Å². The van der Waals surface area contributed by atoms with Crippen molar-refractivity contribution < 1.29 is 9.53 Å². The Labute approximate surface area is 156 Å². The lowest BCUT2D eigenvalue weighted by molar-refractivity contribution is 0.0880. The van der Waals surface area contributed by atoms with E-state index in [0.717, 1.165) is 30.9 Å². The Bertz CT molecular complexity index is 690. The number of carbonyl (C=O) groups is 1. The first-order valence-corrected chi connectivity index (χ1v) is 9.24.